The van der Waals surface area contributed by atoms with Crippen molar-refractivity contribution < 1.29 is 23.5 Å². The van der Waals surface area contributed by atoms with E-state index in [0.717, 1.165) is 16.8 Å². The molecule has 2 amide bonds. The van der Waals surface area contributed by atoms with Crippen molar-refractivity contribution in [3.8, 4) is 5.75 Å². The zero-order chi connectivity index (χ0) is 22.4. The van der Waals surface area contributed by atoms with Crippen molar-refractivity contribution in [3.63, 3.8) is 0 Å². The van der Waals surface area contributed by atoms with E-state index in [4.69, 9.17) is 13.9 Å². The Morgan fingerprint density at radius 3 is 2.48 bits per heavy atom. The van der Waals surface area contributed by atoms with Gasteiger partial charge in [-0.15, -0.1) is 0 Å². The Labute approximate surface area is 181 Å². The summed E-state index contributed by atoms with van der Waals surface area (Å²) in [6.07, 6.45) is 1.57. The van der Waals surface area contributed by atoms with Gasteiger partial charge in [0.2, 0.25) is 0 Å². The van der Waals surface area contributed by atoms with Gasteiger partial charge in [0.15, 0.2) is 0 Å². The van der Waals surface area contributed by atoms with E-state index in [1.54, 1.807) is 55.5 Å². The first-order valence-corrected chi connectivity index (χ1v) is 10.0. The van der Waals surface area contributed by atoms with Crippen LogP contribution in [0, 0.1) is 13.8 Å². The van der Waals surface area contributed by atoms with Crippen molar-refractivity contribution >= 4 is 17.7 Å². The van der Waals surface area contributed by atoms with E-state index in [2.05, 4.69) is 10.3 Å². The predicted octanol–water partition coefficient (Wildman–Crippen LogP) is 4.64. The number of benzene rings is 1. The van der Waals surface area contributed by atoms with Crippen molar-refractivity contribution in [3.05, 3.63) is 70.9 Å². The Morgan fingerprint density at radius 1 is 1.13 bits per heavy atom. The molecule has 8 heteroatoms. The van der Waals surface area contributed by atoms with Crippen molar-refractivity contribution in [2.24, 2.45) is 0 Å². The number of hydrogen-bond donors (Lipinski definition) is 2. The summed E-state index contributed by atoms with van der Waals surface area (Å²) in [5.74, 6) is 0.950. The van der Waals surface area contributed by atoms with Gasteiger partial charge in [-0.2, -0.15) is 0 Å². The molecule has 0 saturated carbocycles. The Balaban J connectivity index is 1.83. The lowest BCUT2D eigenvalue weighted by Gasteiger charge is -2.23. The summed E-state index contributed by atoms with van der Waals surface area (Å²) in [6, 6.07) is 10.4. The molecule has 2 N–H and O–H groups in total. The molecule has 0 aliphatic heterocycles. The van der Waals surface area contributed by atoms with Crippen LogP contribution in [-0.2, 0) is 17.8 Å². The van der Waals surface area contributed by atoms with Crippen LogP contribution in [-0.4, -0.2) is 35.6 Å². The fourth-order valence-corrected chi connectivity index (χ4v) is 3.29. The van der Waals surface area contributed by atoms with Gasteiger partial charge in [0.1, 0.15) is 17.2 Å². The highest BCUT2D eigenvalue weighted by Gasteiger charge is 2.23. The number of hydrogen-bond acceptors (Lipinski definition) is 5. The largest absolute Gasteiger partial charge is 0.497 e. The summed E-state index contributed by atoms with van der Waals surface area (Å²) in [5, 5.41) is 2.90. The van der Waals surface area contributed by atoms with Gasteiger partial charge in [0.05, 0.1) is 26.5 Å². The number of esters is 1. The van der Waals surface area contributed by atoms with Crippen molar-refractivity contribution in [1.82, 2.24) is 9.88 Å². The summed E-state index contributed by atoms with van der Waals surface area (Å²) in [5.41, 5.74) is 3.48. The molecule has 0 atom stereocenters. The Kier molecular flexibility index (Phi) is 7.02. The topological polar surface area (TPSA) is 96.8 Å². The number of methoxy groups -OCH3 is 1. The van der Waals surface area contributed by atoms with Gasteiger partial charge in [-0.05, 0) is 68.3 Å². The van der Waals surface area contributed by atoms with E-state index in [1.807, 2.05) is 19.9 Å². The zero-order valence-corrected chi connectivity index (χ0v) is 18.2. The monoisotopic (exact) mass is 425 g/mol. The van der Waals surface area contributed by atoms with Crippen LogP contribution in [0.4, 0.5) is 10.5 Å². The average molecular weight is 425 g/mol. The molecule has 31 heavy (non-hydrogen) atoms. The molecule has 164 valence electrons. The molecular formula is C23H27N3O5. The van der Waals surface area contributed by atoms with Crippen LogP contribution < -0.4 is 10.1 Å². The van der Waals surface area contributed by atoms with Crippen LogP contribution in [0.25, 0.3) is 0 Å². The lowest BCUT2D eigenvalue weighted by molar-refractivity contribution is 0.0519. The molecule has 8 nitrogen and oxygen atoms in total. The molecule has 0 radical (unpaired) electrons. The van der Waals surface area contributed by atoms with Gasteiger partial charge in [0, 0.05) is 17.9 Å². The third-order valence-corrected chi connectivity index (χ3v) is 4.98. The number of rotatable bonds is 8. The maximum Gasteiger partial charge on any atom is 0.355 e. The predicted molar refractivity (Wildman–Crippen MR) is 116 cm³/mol. The number of ether oxygens (including phenoxy) is 2. The first kappa shape index (κ1) is 22.0. The minimum atomic E-state index is -0.408. The minimum absolute atomic E-state index is 0.272. The average Bonchev–Trinajstić information content (AvgIpc) is 3.37. The van der Waals surface area contributed by atoms with E-state index in [0.29, 0.717) is 29.5 Å². The molecule has 1 aromatic carbocycles. The number of H-pyrrole nitrogens is 1. The first-order valence-electron chi connectivity index (χ1n) is 10.0. The van der Waals surface area contributed by atoms with Crippen LogP contribution >= 0.6 is 0 Å². The van der Waals surface area contributed by atoms with E-state index in [9.17, 15) is 9.59 Å². The highest BCUT2D eigenvalue weighted by atomic mass is 16.5. The highest BCUT2D eigenvalue weighted by molar-refractivity contribution is 5.91. The molecule has 0 unspecified atom stereocenters. The van der Waals surface area contributed by atoms with Gasteiger partial charge < -0.3 is 29.1 Å². The van der Waals surface area contributed by atoms with Crippen LogP contribution in [0.5, 0.6) is 5.75 Å². The number of nitrogens with zero attached hydrogens (tertiary/aromatic N) is 1. The quantitative estimate of drug-likeness (QED) is 0.512. The zero-order valence-electron chi connectivity index (χ0n) is 18.2. The van der Waals surface area contributed by atoms with Gasteiger partial charge in [-0.25, -0.2) is 9.59 Å². The van der Waals surface area contributed by atoms with Crippen LogP contribution in [0.15, 0.2) is 47.1 Å². The van der Waals surface area contributed by atoms with Gasteiger partial charge in [0.25, 0.3) is 0 Å². The maximum atomic E-state index is 13.1. The second-order valence-corrected chi connectivity index (χ2v) is 7.04. The number of anilines is 1. The number of furan rings is 1. The molecule has 3 rings (SSSR count). The van der Waals surface area contributed by atoms with Gasteiger partial charge in [-0.3, -0.25) is 0 Å². The fourth-order valence-electron chi connectivity index (χ4n) is 3.29. The molecule has 0 saturated heterocycles. The normalized spacial score (nSPS) is 10.6. The Morgan fingerprint density at radius 2 is 1.87 bits per heavy atom. The number of aryl methyl sites for hydroxylation is 1. The number of urea groups is 1. The lowest BCUT2D eigenvalue weighted by Crippen LogP contribution is -2.34. The molecule has 0 aliphatic rings. The standard InChI is InChI=1S/C23H27N3O5/c1-5-30-22(27)21-15(2)20(16(3)24-21)14-26(13-19-7-6-12-31-19)23(28)25-17-8-10-18(29-4)11-9-17/h6-12,24H,5,13-14H2,1-4H3,(H,25,28). The molecule has 3 aromatic rings. The lowest BCUT2D eigenvalue weighted by atomic mass is 10.1. The summed E-state index contributed by atoms with van der Waals surface area (Å²) in [4.78, 5) is 30.1. The van der Waals surface area contributed by atoms with Gasteiger partial charge >= 0.3 is 12.0 Å². The van der Waals surface area contributed by atoms with E-state index in [1.165, 1.54) is 0 Å². The molecule has 2 heterocycles. The highest BCUT2D eigenvalue weighted by Crippen LogP contribution is 2.23. The van der Waals surface area contributed by atoms with Crippen molar-refractivity contribution in [1.29, 1.82) is 0 Å². The van der Waals surface area contributed by atoms with Crippen LogP contribution in [0.2, 0.25) is 0 Å². The third-order valence-electron chi connectivity index (χ3n) is 4.98. The SMILES string of the molecule is CCOC(=O)c1[nH]c(C)c(CN(Cc2ccco2)C(=O)Nc2ccc(OC)cc2)c1C. The van der Waals surface area contributed by atoms with Crippen molar-refractivity contribution in [2.75, 3.05) is 19.0 Å². The molecule has 0 spiro atoms. The molecule has 0 bridgehead atoms. The summed E-state index contributed by atoms with van der Waals surface area (Å²) in [6.45, 7) is 6.33. The molecule has 0 aliphatic carbocycles. The van der Waals surface area contributed by atoms with Crippen molar-refractivity contribution in [2.45, 2.75) is 33.9 Å². The first-order chi connectivity index (χ1) is 14.9. The maximum absolute atomic E-state index is 13.1. The number of amides is 2. The number of nitrogens with one attached hydrogen (secondary N) is 2. The van der Waals surface area contributed by atoms with E-state index in [-0.39, 0.29) is 19.1 Å². The fraction of sp³-hybridized carbons (Fsp3) is 0.304. The van der Waals surface area contributed by atoms with Crippen LogP contribution in [0.1, 0.15) is 40.0 Å². The summed E-state index contributed by atoms with van der Waals surface area (Å²) in [7, 11) is 1.59. The van der Waals surface area contributed by atoms with Gasteiger partial charge in [-0.1, -0.05) is 0 Å². The number of carbonyl (C=O) groups is 2. The molecule has 0 fully saturated rings. The number of aromatic amines is 1. The summed E-state index contributed by atoms with van der Waals surface area (Å²) < 4.78 is 15.7. The Hall–Kier alpha value is -3.68. The van der Waals surface area contributed by atoms with E-state index >= 15 is 0 Å². The minimum Gasteiger partial charge on any atom is -0.497 e. The molecule has 2 aromatic heterocycles. The summed E-state index contributed by atoms with van der Waals surface area (Å²) >= 11 is 0. The van der Waals surface area contributed by atoms with E-state index < -0.39 is 5.97 Å². The second kappa shape index (κ2) is 9.88. The smallest absolute Gasteiger partial charge is 0.355 e. The third kappa shape index (κ3) is 5.28. The molecular weight excluding hydrogens is 398 g/mol. The number of carbonyl (C=O) groups excluding carboxylic acids is 2. The second-order valence-electron chi connectivity index (χ2n) is 7.04. The Bertz CT molecular complexity index is 1020. The van der Waals surface area contributed by atoms with Crippen LogP contribution in [0.3, 0.4) is 0 Å². The number of aromatic nitrogens is 1.